The largest absolute Gasteiger partial charge is 0.341 e. The molecule has 4 rings (SSSR count). The van der Waals surface area contributed by atoms with Gasteiger partial charge in [-0.15, -0.1) is 0 Å². The van der Waals surface area contributed by atoms with Gasteiger partial charge in [-0.1, -0.05) is 36.4 Å². The Morgan fingerprint density at radius 3 is 2.63 bits per heavy atom. The fraction of sp³-hybridized carbons (Fsp3) is 0.190. The average Bonchev–Trinajstić information content (AvgIpc) is 3.14. The lowest BCUT2D eigenvalue weighted by Crippen LogP contribution is -2.30. The molecule has 0 saturated heterocycles. The van der Waals surface area contributed by atoms with Gasteiger partial charge in [-0.25, -0.2) is 9.97 Å². The van der Waals surface area contributed by atoms with Crippen molar-refractivity contribution in [3.63, 3.8) is 0 Å². The van der Waals surface area contributed by atoms with Gasteiger partial charge in [-0.05, 0) is 42.7 Å². The lowest BCUT2D eigenvalue weighted by molar-refractivity contribution is 0.0929. The van der Waals surface area contributed by atoms with Crippen LogP contribution in [0, 0.1) is 0 Å². The van der Waals surface area contributed by atoms with Gasteiger partial charge in [0.15, 0.2) is 0 Å². The van der Waals surface area contributed by atoms with Crippen LogP contribution in [0.25, 0.3) is 21.9 Å². The Morgan fingerprint density at radius 1 is 1.04 bits per heavy atom. The van der Waals surface area contributed by atoms with Crippen molar-refractivity contribution in [3.8, 4) is 0 Å². The molecule has 0 saturated carbocycles. The van der Waals surface area contributed by atoms with Crippen molar-refractivity contribution >= 4 is 39.6 Å². The Balaban J connectivity index is 1.60. The normalized spacial score (nSPS) is 12.3. The molecule has 1 atom stereocenters. The number of para-hydroxylation sites is 3. The second-order valence-corrected chi connectivity index (χ2v) is 7.32. The number of H-pyrrole nitrogens is 1. The maximum absolute atomic E-state index is 12.8. The Bertz CT molecular complexity index is 1060. The van der Waals surface area contributed by atoms with Crippen molar-refractivity contribution in [2.75, 3.05) is 12.0 Å². The molecule has 5 nitrogen and oxygen atoms in total. The number of fused-ring (bicyclic) bond motifs is 2. The van der Waals surface area contributed by atoms with Crippen molar-refractivity contribution in [1.29, 1.82) is 0 Å². The van der Waals surface area contributed by atoms with Crippen molar-refractivity contribution in [1.82, 2.24) is 20.3 Å². The lowest BCUT2D eigenvalue weighted by atomic mass is 10.1. The zero-order valence-electron chi connectivity index (χ0n) is 15.0. The predicted molar refractivity (Wildman–Crippen MR) is 111 cm³/mol. The minimum Gasteiger partial charge on any atom is -0.341 e. The minimum atomic E-state index is -0.189. The number of amides is 1. The van der Waals surface area contributed by atoms with Gasteiger partial charge < -0.3 is 10.3 Å². The van der Waals surface area contributed by atoms with E-state index in [-0.39, 0.29) is 11.9 Å². The van der Waals surface area contributed by atoms with Crippen LogP contribution in [0.3, 0.4) is 0 Å². The molecule has 2 N–H and O–H groups in total. The summed E-state index contributed by atoms with van der Waals surface area (Å²) < 4.78 is 0. The number of thioether (sulfide) groups is 1. The lowest BCUT2D eigenvalue weighted by Gasteiger charge is -2.16. The van der Waals surface area contributed by atoms with E-state index >= 15 is 0 Å². The van der Waals surface area contributed by atoms with Crippen LogP contribution in [0.1, 0.15) is 28.8 Å². The van der Waals surface area contributed by atoms with Gasteiger partial charge in [0, 0.05) is 5.39 Å². The summed E-state index contributed by atoms with van der Waals surface area (Å²) in [4.78, 5) is 25.3. The van der Waals surface area contributed by atoms with Gasteiger partial charge >= 0.3 is 0 Å². The number of rotatable bonds is 6. The molecule has 4 aromatic rings. The molecule has 1 amide bonds. The third-order valence-electron chi connectivity index (χ3n) is 4.48. The molecule has 0 aliphatic carbocycles. The Hall–Kier alpha value is -2.86. The number of pyridine rings is 1. The first kappa shape index (κ1) is 17.5. The molecule has 0 aliphatic rings. The minimum absolute atomic E-state index is 0.188. The van der Waals surface area contributed by atoms with Gasteiger partial charge in [0.2, 0.25) is 0 Å². The number of nitrogens with zero attached hydrogens (tertiary/aromatic N) is 2. The Labute approximate surface area is 161 Å². The molecule has 0 aliphatic heterocycles. The van der Waals surface area contributed by atoms with E-state index in [1.54, 1.807) is 17.8 Å². The molecule has 0 bridgehead atoms. The molecule has 136 valence electrons. The Morgan fingerprint density at radius 2 is 1.81 bits per heavy atom. The van der Waals surface area contributed by atoms with E-state index in [1.807, 2.05) is 54.6 Å². The number of carbonyl (C=O) groups excluding carboxylic acids is 1. The fourth-order valence-electron chi connectivity index (χ4n) is 3.08. The van der Waals surface area contributed by atoms with Crippen LogP contribution in [0.4, 0.5) is 0 Å². The average molecular weight is 376 g/mol. The van der Waals surface area contributed by atoms with E-state index in [1.165, 1.54) is 0 Å². The molecule has 2 aromatic heterocycles. The summed E-state index contributed by atoms with van der Waals surface area (Å²) in [6.07, 6.45) is 2.85. The van der Waals surface area contributed by atoms with Crippen LogP contribution in [0.2, 0.25) is 0 Å². The maximum atomic E-state index is 12.8. The quantitative estimate of drug-likeness (QED) is 0.525. The zero-order chi connectivity index (χ0) is 18.6. The summed E-state index contributed by atoms with van der Waals surface area (Å²) in [5, 5.41) is 4.12. The predicted octanol–water partition coefficient (Wildman–Crippen LogP) is 4.34. The molecule has 0 fully saturated rings. The van der Waals surface area contributed by atoms with Gasteiger partial charge in [0.25, 0.3) is 5.91 Å². The van der Waals surface area contributed by atoms with E-state index in [4.69, 9.17) is 0 Å². The molecule has 2 heterocycles. The first-order chi connectivity index (χ1) is 13.2. The molecule has 0 unspecified atom stereocenters. The van der Waals surface area contributed by atoms with Crippen molar-refractivity contribution < 1.29 is 4.79 Å². The second-order valence-electron chi connectivity index (χ2n) is 6.34. The van der Waals surface area contributed by atoms with Crippen LogP contribution < -0.4 is 5.32 Å². The number of aromatic amines is 1. The van der Waals surface area contributed by atoms with Crippen molar-refractivity contribution in [2.45, 2.75) is 12.5 Å². The summed E-state index contributed by atoms with van der Waals surface area (Å²) >= 11 is 1.75. The fourth-order valence-corrected chi connectivity index (χ4v) is 3.55. The summed E-state index contributed by atoms with van der Waals surface area (Å²) in [6.45, 7) is 0. The molecular weight excluding hydrogens is 356 g/mol. The molecule has 27 heavy (non-hydrogen) atoms. The second kappa shape index (κ2) is 7.80. The number of carbonyl (C=O) groups is 1. The van der Waals surface area contributed by atoms with Gasteiger partial charge in [-0.3, -0.25) is 4.79 Å². The van der Waals surface area contributed by atoms with Crippen molar-refractivity contribution in [2.24, 2.45) is 0 Å². The first-order valence-corrected chi connectivity index (χ1v) is 10.2. The third kappa shape index (κ3) is 3.80. The molecule has 0 radical (unpaired) electrons. The number of hydrogen-bond donors (Lipinski definition) is 2. The monoisotopic (exact) mass is 376 g/mol. The van der Waals surface area contributed by atoms with E-state index in [2.05, 4.69) is 26.5 Å². The number of imidazole rings is 1. The summed E-state index contributed by atoms with van der Waals surface area (Å²) in [6, 6.07) is 19.2. The summed E-state index contributed by atoms with van der Waals surface area (Å²) in [5.41, 5.74) is 3.10. The number of nitrogens with one attached hydrogen (secondary N) is 2. The SMILES string of the molecule is CSCC[C@H](NC(=O)c1ccc2ccccc2n1)c1nc2ccccc2[nH]1. The number of hydrogen-bond acceptors (Lipinski definition) is 4. The van der Waals surface area contributed by atoms with E-state index in [9.17, 15) is 4.79 Å². The van der Waals surface area contributed by atoms with Gasteiger partial charge in [0.05, 0.1) is 22.6 Å². The summed E-state index contributed by atoms with van der Waals surface area (Å²) in [5.74, 6) is 1.51. The van der Waals surface area contributed by atoms with E-state index < -0.39 is 0 Å². The van der Waals surface area contributed by atoms with Crippen LogP contribution in [0.15, 0.2) is 60.7 Å². The highest BCUT2D eigenvalue weighted by Crippen LogP contribution is 2.21. The maximum Gasteiger partial charge on any atom is 0.270 e. The van der Waals surface area contributed by atoms with E-state index in [0.717, 1.165) is 39.9 Å². The van der Waals surface area contributed by atoms with Crippen LogP contribution in [-0.2, 0) is 0 Å². The van der Waals surface area contributed by atoms with Gasteiger partial charge in [0.1, 0.15) is 11.5 Å². The Kier molecular flexibility index (Phi) is 5.07. The molecule has 0 spiro atoms. The number of aromatic nitrogens is 3. The van der Waals surface area contributed by atoms with Crippen molar-refractivity contribution in [3.05, 3.63) is 72.2 Å². The summed E-state index contributed by atoms with van der Waals surface area (Å²) in [7, 11) is 0. The molecule has 2 aromatic carbocycles. The highest BCUT2D eigenvalue weighted by atomic mass is 32.2. The highest BCUT2D eigenvalue weighted by molar-refractivity contribution is 7.98. The zero-order valence-corrected chi connectivity index (χ0v) is 15.8. The molecule has 6 heteroatoms. The molecular formula is C21H20N4OS. The smallest absolute Gasteiger partial charge is 0.270 e. The van der Waals surface area contributed by atoms with Crippen LogP contribution in [0.5, 0.6) is 0 Å². The first-order valence-electron chi connectivity index (χ1n) is 8.85. The standard InChI is InChI=1S/C21H20N4OS/c1-27-13-12-18(20-23-16-8-4-5-9-17(16)24-20)25-21(26)19-11-10-14-6-2-3-7-15(14)22-19/h2-11,18H,12-13H2,1H3,(H,23,24)(H,25,26)/t18-/m0/s1. The third-order valence-corrected chi connectivity index (χ3v) is 5.13. The topological polar surface area (TPSA) is 70.7 Å². The number of benzene rings is 2. The van der Waals surface area contributed by atoms with Gasteiger partial charge in [-0.2, -0.15) is 11.8 Å². The highest BCUT2D eigenvalue weighted by Gasteiger charge is 2.20. The van der Waals surface area contributed by atoms with E-state index in [0.29, 0.717) is 5.69 Å². The van der Waals surface area contributed by atoms with Crippen LogP contribution in [-0.4, -0.2) is 32.9 Å². The van der Waals surface area contributed by atoms with Crippen LogP contribution >= 0.6 is 11.8 Å².